The summed E-state index contributed by atoms with van der Waals surface area (Å²) in [6, 6.07) is 0. The van der Waals surface area contributed by atoms with Gasteiger partial charge in [-0.25, -0.2) is 4.98 Å². The third-order valence-electron chi connectivity index (χ3n) is 3.17. The zero-order chi connectivity index (χ0) is 12.5. The zero-order valence-corrected chi connectivity index (χ0v) is 9.93. The van der Waals surface area contributed by atoms with Crippen LogP contribution in [0.3, 0.4) is 0 Å². The van der Waals surface area contributed by atoms with Crippen molar-refractivity contribution in [1.29, 1.82) is 0 Å². The molecule has 0 aromatic carbocycles. The maximum absolute atomic E-state index is 12.0. The van der Waals surface area contributed by atoms with Crippen LogP contribution in [0.1, 0.15) is 30.8 Å². The highest BCUT2D eigenvalue weighted by molar-refractivity contribution is 5.92. The molecule has 0 spiro atoms. The molecule has 1 aromatic rings. The van der Waals surface area contributed by atoms with E-state index in [-0.39, 0.29) is 29.1 Å². The number of nitrogen functional groups attached to an aromatic ring is 1. The molecule has 0 saturated carbocycles. The standard InChI is InChI=1S/C11H16N4O2/c1-7-11(2,3-4-17-7)15-10(16)8-5-13-6-9(12)14-8/h5-7H,3-4H2,1-2H3,(H2,12,14)(H,15,16). The fourth-order valence-electron chi connectivity index (χ4n) is 1.81. The molecule has 6 heteroatoms. The maximum Gasteiger partial charge on any atom is 0.272 e. The van der Waals surface area contributed by atoms with E-state index < -0.39 is 0 Å². The fraction of sp³-hybridized carbons (Fsp3) is 0.545. The maximum atomic E-state index is 12.0. The van der Waals surface area contributed by atoms with Crippen LogP contribution in [0.15, 0.2) is 12.4 Å². The van der Waals surface area contributed by atoms with E-state index in [2.05, 4.69) is 15.3 Å². The summed E-state index contributed by atoms with van der Waals surface area (Å²) in [6.45, 7) is 4.56. The number of hydrogen-bond donors (Lipinski definition) is 2. The second-order valence-corrected chi connectivity index (χ2v) is 4.46. The van der Waals surface area contributed by atoms with Gasteiger partial charge in [0.15, 0.2) is 0 Å². The number of nitrogens with one attached hydrogen (secondary N) is 1. The molecule has 2 heterocycles. The number of carbonyl (C=O) groups excluding carboxylic acids is 1. The van der Waals surface area contributed by atoms with Gasteiger partial charge in [-0.1, -0.05) is 0 Å². The molecule has 0 radical (unpaired) electrons. The number of ether oxygens (including phenoxy) is 1. The predicted molar refractivity (Wildman–Crippen MR) is 62.3 cm³/mol. The lowest BCUT2D eigenvalue weighted by atomic mass is 9.94. The number of nitrogens with two attached hydrogens (primary N) is 1. The summed E-state index contributed by atoms with van der Waals surface area (Å²) < 4.78 is 5.45. The zero-order valence-electron chi connectivity index (χ0n) is 9.93. The first-order valence-electron chi connectivity index (χ1n) is 5.53. The first-order chi connectivity index (χ1) is 8.01. The first-order valence-corrected chi connectivity index (χ1v) is 5.53. The van der Waals surface area contributed by atoms with E-state index in [0.717, 1.165) is 6.42 Å². The van der Waals surface area contributed by atoms with Crippen molar-refractivity contribution in [2.45, 2.75) is 31.9 Å². The molecule has 1 amide bonds. The number of carbonyl (C=O) groups is 1. The Hall–Kier alpha value is -1.69. The van der Waals surface area contributed by atoms with Gasteiger partial charge in [-0.05, 0) is 20.3 Å². The lowest BCUT2D eigenvalue weighted by molar-refractivity contribution is 0.0724. The third kappa shape index (κ3) is 2.36. The van der Waals surface area contributed by atoms with Crippen LogP contribution >= 0.6 is 0 Å². The van der Waals surface area contributed by atoms with Crippen LogP contribution in [0.2, 0.25) is 0 Å². The molecule has 1 aliphatic heterocycles. The van der Waals surface area contributed by atoms with Gasteiger partial charge in [-0.2, -0.15) is 0 Å². The summed E-state index contributed by atoms with van der Waals surface area (Å²) in [7, 11) is 0. The van der Waals surface area contributed by atoms with Gasteiger partial charge in [0, 0.05) is 6.61 Å². The highest BCUT2D eigenvalue weighted by Crippen LogP contribution is 2.25. The van der Waals surface area contributed by atoms with Crippen LogP contribution in [-0.2, 0) is 4.74 Å². The number of anilines is 1. The van der Waals surface area contributed by atoms with Crippen LogP contribution in [0.5, 0.6) is 0 Å². The molecule has 1 fully saturated rings. The SMILES string of the molecule is CC1OCCC1(C)NC(=O)c1cncc(N)n1. The Bertz CT molecular complexity index is 437. The molecule has 0 bridgehead atoms. The highest BCUT2D eigenvalue weighted by atomic mass is 16.5. The Kier molecular flexibility index (Phi) is 2.97. The summed E-state index contributed by atoms with van der Waals surface area (Å²) in [5.74, 6) is -0.0387. The molecule has 92 valence electrons. The molecule has 0 aliphatic carbocycles. The van der Waals surface area contributed by atoms with Crippen LogP contribution in [-0.4, -0.2) is 34.1 Å². The number of amides is 1. The normalized spacial score (nSPS) is 28.0. The summed E-state index contributed by atoms with van der Waals surface area (Å²) in [6.07, 6.45) is 3.57. The smallest absolute Gasteiger partial charge is 0.272 e. The minimum Gasteiger partial charge on any atom is -0.382 e. The monoisotopic (exact) mass is 236 g/mol. The molecule has 1 aromatic heterocycles. The second-order valence-electron chi connectivity index (χ2n) is 4.46. The lowest BCUT2D eigenvalue weighted by Crippen LogP contribution is -2.50. The summed E-state index contributed by atoms with van der Waals surface area (Å²) in [5.41, 5.74) is 5.36. The second kappa shape index (κ2) is 4.29. The molecule has 3 N–H and O–H groups in total. The number of nitrogens with zero attached hydrogens (tertiary/aromatic N) is 2. The van der Waals surface area contributed by atoms with Crippen molar-refractivity contribution in [2.24, 2.45) is 0 Å². The Morgan fingerprint density at radius 3 is 3.00 bits per heavy atom. The molecule has 1 aliphatic rings. The van der Waals surface area contributed by atoms with E-state index in [1.165, 1.54) is 12.4 Å². The minimum absolute atomic E-state index is 0.0135. The van der Waals surface area contributed by atoms with Gasteiger partial charge in [-0.15, -0.1) is 0 Å². The Labute approximate surface area is 99.6 Å². The van der Waals surface area contributed by atoms with Crippen molar-refractivity contribution in [3.63, 3.8) is 0 Å². The largest absolute Gasteiger partial charge is 0.382 e. The van der Waals surface area contributed by atoms with Gasteiger partial charge in [0.05, 0.1) is 24.0 Å². The van der Waals surface area contributed by atoms with Crippen LogP contribution in [0.25, 0.3) is 0 Å². The molecular formula is C11H16N4O2. The Morgan fingerprint density at radius 2 is 2.41 bits per heavy atom. The van der Waals surface area contributed by atoms with Gasteiger partial charge < -0.3 is 15.8 Å². The first kappa shape index (κ1) is 11.8. The topological polar surface area (TPSA) is 90.1 Å². The molecular weight excluding hydrogens is 220 g/mol. The van der Waals surface area contributed by atoms with Gasteiger partial charge in [0.1, 0.15) is 11.5 Å². The van der Waals surface area contributed by atoms with Crippen molar-refractivity contribution in [2.75, 3.05) is 12.3 Å². The van der Waals surface area contributed by atoms with Crippen molar-refractivity contribution in [3.8, 4) is 0 Å². The van der Waals surface area contributed by atoms with Crippen LogP contribution in [0.4, 0.5) is 5.82 Å². The van der Waals surface area contributed by atoms with Crippen LogP contribution in [0, 0.1) is 0 Å². The van der Waals surface area contributed by atoms with E-state index >= 15 is 0 Å². The molecule has 17 heavy (non-hydrogen) atoms. The Morgan fingerprint density at radius 1 is 1.65 bits per heavy atom. The lowest BCUT2D eigenvalue weighted by Gasteiger charge is -2.28. The van der Waals surface area contributed by atoms with E-state index in [0.29, 0.717) is 6.61 Å². The summed E-state index contributed by atoms with van der Waals surface area (Å²) in [4.78, 5) is 19.8. The van der Waals surface area contributed by atoms with Crippen molar-refractivity contribution in [1.82, 2.24) is 15.3 Å². The highest BCUT2D eigenvalue weighted by Gasteiger charge is 2.38. The summed E-state index contributed by atoms with van der Waals surface area (Å²) >= 11 is 0. The van der Waals surface area contributed by atoms with E-state index in [4.69, 9.17) is 10.5 Å². The molecule has 2 rings (SSSR count). The van der Waals surface area contributed by atoms with Gasteiger partial charge >= 0.3 is 0 Å². The van der Waals surface area contributed by atoms with Gasteiger partial charge in [-0.3, -0.25) is 9.78 Å². The van der Waals surface area contributed by atoms with Crippen LogP contribution < -0.4 is 11.1 Å². The predicted octanol–water partition coefficient (Wildman–Crippen LogP) is 0.356. The third-order valence-corrected chi connectivity index (χ3v) is 3.17. The van der Waals surface area contributed by atoms with Crippen molar-refractivity contribution < 1.29 is 9.53 Å². The fourth-order valence-corrected chi connectivity index (χ4v) is 1.81. The number of rotatable bonds is 2. The average molecular weight is 236 g/mol. The number of aromatic nitrogens is 2. The Balaban J connectivity index is 2.12. The quantitative estimate of drug-likeness (QED) is 0.773. The van der Waals surface area contributed by atoms with Crippen molar-refractivity contribution in [3.05, 3.63) is 18.1 Å². The molecule has 2 atom stereocenters. The van der Waals surface area contributed by atoms with E-state index in [1.807, 2.05) is 13.8 Å². The number of hydrogen-bond acceptors (Lipinski definition) is 5. The summed E-state index contributed by atoms with van der Waals surface area (Å²) in [5, 5.41) is 2.93. The van der Waals surface area contributed by atoms with E-state index in [1.54, 1.807) is 0 Å². The minimum atomic E-state index is -0.358. The molecule has 2 unspecified atom stereocenters. The molecule has 6 nitrogen and oxygen atoms in total. The van der Waals surface area contributed by atoms with Gasteiger partial charge in [0.2, 0.25) is 0 Å². The average Bonchev–Trinajstić information content (AvgIpc) is 2.59. The van der Waals surface area contributed by atoms with E-state index in [9.17, 15) is 4.79 Å². The van der Waals surface area contributed by atoms with Crippen molar-refractivity contribution >= 4 is 11.7 Å². The van der Waals surface area contributed by atoms with Gasteiger partial charge in [0.25, 0.3) is 5.91 Å². The molecule has 1 saturated heterocycles.